The number of hydrogen-bond acceptors (Lipinski definition) is 5. The average molecular weight is 352 g/mol. The van der Waals surface area contributed by atoms with Gasteiger partial charge in [0.25, 0.3) is 11.6 Å². The van der Waals surface area contributed by atoms with Crippen molar-refractivity contribution in [3.63, 3.8) is 0 Å². The molecule has 7 nitrogen and oxygen atoms in total. The molecule has 1 amide bonds. The third kappa shape index (κ3) is 4.00. The highest BCUT2D eigenvalue weighted by atomic mass is 19.1. The smallest absolute Gasteiger partial charge is 0.286 e. The summed E-state index contributed by atoms with van der Waals surface area (Å²) >= 11 is 0. The first-order valence-corrected chi connectivity index (χ1v) is 7.13. The van der Waals surface area contributed by atoms with Crippen molar-refractivity contribution in [2.45, 2.75) is 6.92 Å². The zero-order chi connectivity index (χ0) is 18.6. The first-order chi connectivity index (χ1) is 11.9. The summed E-state index contributed by atoms with van der Waals surface area (Å²) in [5.74, 6) is -2.45. The number of methoxy groups -OCH3 is 1. The van der Waals surface area contributed by atoms with E-state index < -0.39 is 33.8 Å². The largest absolute Gasteiger partial charge is 0.493 e. The Morgan fingerprint density at radius 2 is 1.96 bits per heavy atom. The van der Waals surface area contributed by atoms with E-state index in [1.165, 1.54) is 7.11 Å². The number of amides is 1. The van der Waals surface area contributed by atoms with Crippen LogP contribution in [0.1, 0.15) is 17.3 Å². The van der Waals surface area contributed by atoms with Crippen molar-refractivity contribution in [2.75, 3.05) is 19.0 Å². The fourth-order valence-corrected chi connectivity index (χ4v) is 2.09. The number of rotatable bonds is 6. The summed E-state index contributed by atoms with van der Waals surface area (Å²) in [6.45, 7) is 1.91. The van der Waals surface area contributed by atoms with Crippen molar-refractivity contribution in [1.82, 2.24) is 0 Å². The van der Waals surface area contributed by atoms with Gasteiger partial charge in [0, 0.05) is 12.1 Å². The number of anilines is 1. The highest BCUT2D eigenvalue weighted by Crippen LogP contribution is 2.35. The number of halogens is 2. The number of benzene rings is 2. The molecule has 2 rings (SSSR count). The lowest BCUT2D eigenvalue weighted by atomic mass is 10.1. The van der Waals surface area contributed by atoms with E-state index in [9.17, 15) is 23.7 Å². The lowest BCUT2D eigenvalue weighted by Gasteiger charge is -2.12. The second kappa shape index (κ2) is 7.56. The minimum absolute atomic E-state index is 0.0713. The minimum atomic E-state index is -0.986. The van der Waals surface area contributed by atoms with Crippen LogP contribution in [0.5, 0.6) is 11.5 Å². The molecule has 0 saturated carbocycles. The molecule has 9 heteroatoms. The van der Waals surface area contributed by atoms with Gasteiger partial charge in [-0.15, -0.1) is 0 Å². The van der Waals surface area contributed by atoms with Gasteiger partial charge in [-0.3, -0.25) is 14.9 Å². The van der Waals surface area contributed by atoms with Gasteiger partial charge in [-0.25, -0.2) is 8.78 Å². The highest BCUT2D eigenvalue weighted by molar-refractivity contribution is 6.07. The first kappa shape index (κ1) is 18.1. The molecule has 1 N–H and O–H groups in total. The summed E-state index contributed by atoms with van der Waals surface area (Å²) in [4.78, 5) is 22.8. The number of nitro benzene ring substituents is 1. The van der Waals surface area contributed by atoms with Gasteiger partial charge in [0.2, 0.25) is 0 Å². The SMILES string of the molecule is CCOc1cc(C(=O)Nc2cc(F)ccc2F)c([N+](=O)[O-])cc1OC. The van der Waals surface area contributed by atoms with E-state index >= 15 is 0 Å². The summed E-state index contributed by atoms with van der Waals surface area (Å²) < 4.78 is 37.2. The van der Waals surface area contributed by atoms with Crippen LogP contribution in [0.4, 0.5) is 20.2 Å². The molecule has 0 radical (unpaired) electrons. The van der Waals surface area contributed by atoms with E-state index in [1.54, 1.807) is 6.92 Å². The quantitative estimate of drug-likeness (QED) is 0.634. The molecule has 0 aromatic heterocycles. The maximum atomic E-state index is 13.7. The van der Waals surface area contributed by atoms with Crippen molar-refractivity contribution < 1.29 is 28.0 Å². The minimum Gasteiger partial charge on any atom is -0.493 e. The second-order valence-corrected chi connectivity index (χ2v) is 4.79. The van der Waals surface area contributed by atoms with Crippen LogP contribution in [0, 0.1) is 21.7 Å². The molecule has 0 spiro atoms. The topological polar surface area (TPSA) is 90.7 Å². The van der Waals surface area contributed by atoms with Crippen LogP contribution in [-0.4, -0.2) is 24.5 Å². The molecule has 25 heavy (non-hydrogen) atoms. The standard InChI is InChI=1S/C16H14F2N2O5/c1-3-25-15-7-10(13(20(22)23)8-14(15)24-2)16(21)19-12-6-9(17)4-5-11(12)18/h4-8H,3H2,1-2H3,(H,19,21). The lowest BCUT2D eigenvalue weighted by Crippen LogP contribution is -2.15. The Kier molecular flexibility index (Phi) is 5.48. The van der Waals surface area contributed by atoms with Crippen LogP contribution in [-0.2, 0) is 0 Å². The predicted octanol–water partition coefficient (Wildman–Crippen LogP) is 3.53. The molecule has 0 aliphatic carbocycles. The van der Waals surface area contributed by atoms with Gasteiger partial charge in [0.05, 0.1) is 30.4 Å². The fourth-order valence-electron chi connectivity index (χ4n) is 2.09. The molecule has 0 fully saturated rings. The van der Waals surface area contributed by atoms with Gasteiger partial charge in [-0.1, -0.05) is 0 Å². The Hall–Kier alpha value is -3.23. The highest BCUT2D eigenvalue weighted by Gasteiger charge is 2.25. The predicted molar refractivity (Wildman–Crippen MR) is 85.1 cm³/mol. The molecule has 0 atom stereocenters. The first-order valence-electron chi connectivity index (χ1n) is 7.13. The van der Waals surface area contributed by atoms with Crippen LogP contribution in [0.15, 0.2) is 30.3 Å². The fraction of sp³-hybridized carbons (Fsp3) is 0.188. The van der Waals surface area contributed by atoms with Gasteiger partial charge >= 0.3 is 0 Å². The number of ether oxygens (including phenoxy) is 2. The van der Waals surface area contributed by atoms with E-state index in [2.05, 4.69) is 5.32 Å². The van der Waals surface area contributed by atoms with Crippen LogP contribution >= 0.6 is 0 Å². The number of nitro groups is 1. The third-order valence-electron chi connectivity index (χ3n) is 3.20. The normalized spacial score (nSPS) is 10.2. The van der Waals surface area contributed by atoms with Crippen LogP contribution in [0.2, 0.25) is 0 Å². The van der Waals surface area contributed by atoms with Crippen LogP contribution in [0.25, 0.3) is 0 Å². The second-order valence-electron chi connectivity index (χ2n) is 4.79. The van der Waals surface area contributed by atoms with Crippen LogP contribution in [0.3, 0.4) is 0 Å². The summed E-state index contributed by atoms with van der Waals surface area (Å²) in [6, 6.07) is 4.63. The number of hydrogen-bond donors (Lipinski definition) is 1. The summed E-state index contributed by atoms with van der Waals surface area (Å²) in [5, 5.41) is 13.3. The van der Waals surface area contributed by atoms with Crippen LogP contribution < -0.4 is 14.8 Å². The van der Waals surface area contributed by atoms with E-state index in [1.807, 2.05) is 0 Å². The molecule has 0 aliphatic heterocycles. The molecule has 2 aromatic rings. The Balaban J connectivity index is 2.48. The molecular weight excluding hydrogens is 338 g/mol. The molecule has 2 aromatic carbocycles. The van der Waals surface area contributed by atoms with E-state index in [0.717, 1.165) is 30.3 Å². The monoisotopic (exact) mass is 352 g/mol. The zero-order valence-electron chi connectivity index (χ0n) is 13.3. The maximum Gasteiger partial charge on any atom is 0.286 e. The van der Waals surface area contributed by atoms with Gasteiger partial charge in [0.15, 0.2) is 11.5 Å². The Morgan fingerprint density at radius 1 is 1.24 bits per heavy atom. The van der Waals surface area contributed by atoms with Gasteiger partial charge in [-0.2, -0.15) is 0 Å². The van der Waals surface area contributed by atoms with Gasteiger partial charge in [-0.05, 0) is 19.1 Å². The van der Waals surface area contributed by atoms with Crippen molar-refractivity contribution in [3.8, 4) is 11.5 Å². The van der Waals surface area contributed by atoms with E-state index in [-0.39, 0.29) is 23.7 Å². The van der Waals surface area contributed by atoms with Crippen molar-refractivity contribution in [1.29, 1.82) is 0 Å². The summed E-state index contributed by atoms with van der Waals surface area (Å²) in [6.07, 6.45) is 0. The number of nitrogens with one attached hydrogen (secondary N) is 1. The number of carbonyl (C=O) groups is 1. The zero-order valence-corrected chi connectivity index (χ0v) is 13.3. The van der Waals surface area contributed by atoms with Crippen molar-refractivity contribution >= 4 is 17.3 Å². The Labute approximate surface area is 141 Å². The van der Waals surface area contributed by atoms with Gasteiger partial charge < -0.3 is 14.8 Å². The lowest BCUT2D eigenvalue weighted by molar-refractivity contribution is -0.385. The molecule has 0 unspecified atom stereocenters. The van der Waals surface area contributed by atoms with Crippen molar-refractivity contribution in [2.24, 2.45) is 0 Å². The molecule has 0 saturated heterocycles. The van der Waals surface area contributed by atoms with Crippen molar-refractivity contribution in [3.05, 3.63) is 57.6 Å². The molecule has 0 aliphatic rings. The number of nitrogens with zero attached hydrogens (tertiary/aromatic N) is 1. The Morgan fingerprint density at radius 3 is 2.56 bits per heavy atom. The van der Waals surface area contributed by atoms with E-state index in [0.29, 0.717) is 0 Å². The maximum absolute atomic E-state index is 13.7. The molecule has 0 heterocycles. The molecular formula is C16H14F2N2O5. The molecule has 0 bridgehead atoms. The third-order valence-corrected chi connectivity index (χ3v) is 3.20. The average Bonchev–Trinajstić information content (AvgIpc) is 2.57. The van der Waals surface area contributed by atoms with E-state index in [4.69, 9.17) is 9.47 Å². The molecule has 132 valence electrons. The Bertz CT molecular complexity index is 826. The van der Waals surface area contributed by atoms with Gasteiger partial charge in [0.1, 0.15) is 17.2 Å². The number of carbonyl (C=O) groups excluding carboxylic acids is 1. The summed E-state index contributed by atoms with van der Waals surface area (Å²) in [5.41, 5.74) is -1.37. The summed E-state index contributed by atoms with van der Waals surface area (Å²) in [7, 11) is 1.30.